The monoisotopic (exact) mass is 573 g/mol. The molecule has 0 saturated carbocycles. The number of aryl methyl sites for hydroxylation is 1. The van der Waals surface area contributed by atoms with Crippen LogP contribution < -0.4 is 0 Å². The SMILES string of the molecule is O=C(O)C(F)(F)F.O=C(O)C(F)(F)F.c1coc(CN2CCCn3nnc(COCCN4CCCC4)c3C2)c1. The summed E-state index contributed by atoms with van der Waals surface area (Å²) >= 11 is 0. The molecule has 4 heterocycles. The van der Waals surface area contributed by atoms with E-state index in [1.807, 2.05) is 16.8 Å². The predicted octanol–water partition coefficient (Wildman–Crippen LogP) is 3.16. The summed E-state index contributed by atoms with van der Waals surface area (Å²) in [7, 11) is 0. The third kappa shape index (κ3) is 11.6. The molecule has 0 aliphatic carbocycles. The van der Waals surface area contributed by atoms with Crippen LogP contribution >= 0.6 is 0 Å². The zero-order valence-corrected chi connectivity index (χ0v) is 20.7. The van der Waals surface area contributed by atoms with E-state index in [9.17, 15) is 26.3 Å². The van der Waals surface area contributed by atoms with Crippen LogP contribution in [0.15, 0.2) is 22.8 Å². The molecule has 0 unspecified atom stereocenters. The molecule has 17 heteroatoms. The van der Waals surface area contributed by atoms with Gasteiger partial charge in [0.2, 0.25) is 0 Å². The highest BCUT2D eigenvalue weighted by atomic mass is 19.4. The first-order chi connectivity index (χ1) is 18.3. The molecule has 0 bridgehead atoms. The summed E-state index contributed by atoms with van der Waals surface area (Å²) in [6, 6.07) is 3.97. The second-order valence-electron chi connectivity index (χ2n) is 8.56. The highest BCUT2D eigenvalue weighted by Crippen LogP contribution is 2.18. The van der Waals surface area contributed by atoms with Gasteiger partial charge in [-0.2, -0.15) is 26.3 Å². The first-order valence-corrected chi connectivity index (χ1v) is 11.8. The average Bonchev–Trinajstić information content (AvgIpc) is 3.59. The van der Waals surface area contributed by atoms with Crippen LogP contribution in [0.3, 0.4) is 0 Å². The summed E-state index contributed by atoms with van der Waals surface area (Å²) in [5.74, 6) is -4.51. The fourth-order valence-corrected chi connectivity index (χ4v) is 3.69. The van der Waals surface area contributed by atoms with Gasteiger partial charge in [-0.3, -0.25) is 4.90 Å². The fourth-order valence-electron chi connectivity index (χ4n) is 3.69. The van der Waals surface area contributed by atoms with Gasteiger partial charge < -0.3 is 24.3 Å². The van der Waals surface area contributed by atoms with Crippen LogP contribution in [0.5, 0.6) is 0 Å². The van der Waals surface area contributed by atoms with Crippen molar-refractivity contribution in [3.8, 4) is 0 Å². The van der Waals surface area contributed by atoms with Gasteiger partial charge in [-0.05, 0) is 44.5 Å². The lowest BCUT2D eigenvalue weighted by Crippen LogP contribution is -2.24. The number of likely N-dealkylation sites (tertiary alicyclic amines) is 1. The van der Waals surface area contributed by atoms with Gasteiger partial charge in [-0.25, -0.2) is 14.3 Å². The summed E-state index contributed by atoms with van der Waals surface area (Å²) in [4.78, 5) is 22.7. The quantitative estimate of drug-likeness (QED) is 0.376. The maximum absolute atomic E-state index is 10.6. The lowest BCUT2D eigenvalue weighted by Gasteiger charge is -2.18. The first kappa shape index (κ1) is 32.0. The van der Waals surface area contributed by atoms with Crippen LogP contribution in [0.1, 0.15) is 36.4 Å². The molecule has 1 saturated heterocycles. The molecular formula is C22H29F6N5O6. The highest BCUT2D eigenvalue weighted by Gasteiger charge is 2.38. The number of carbonyl (C=O) groups is 2. The number of nitrogens with zero attached hydrogens (tertiary/aromatic N) is 5. The molecule has 2 aromatic heterocycles. The van der Waals surface area contributed by atoms with Gasteiger partial charge in [0.25, 0.3) is 0 Å². The minimum absolute atomic E-state index is 0.553. The molecule has 4 rings (SSSR count). The number of halogens is 6. The van der Waals surface area contributed by atoms with Gasteiger partial charge in [-0.1, -0.05) is 5.21 Å². The third-order valence-electron chi connectivity index (χ3n) is 5.57. The zero-order valence-electron chi connectivity index (χ0n) is 20.7. The number of carboxylic acid groups (broad SMARTS) is 2. The number of hydrogen-bond donors (Lipinski definition) is 2. The number of ether oxygens (including phenoxy) is 1. The van der Waals surface area contributed by atoms with Gasteiger partial charge in [0.15, 0.2) is 0 Å². The maximum Gasteiger partial charge on any atom is 0.490 e. The lowest BCUT2D eigenvalue weighted by molar-refractivity contribution is -0.193. The molecule has 2 aliphatic rings. The Labute approximate surface area is 218 Å². The smallest absolute Gasteiger partial charge is 0.475 e. The minimum Gasteiger partial charge on any atom is -0.475 e. The molecule has 0 radical (unpaired) electrons. The van der Waals surface area contributed by atoms with Gasteiger partial charge in [-0.15, -0.1) is 5.10 Å². The Morgan fingerprint density at radius 3 is 2.08 bits per heavy atom. The minimum atomic E-state index is -5.08. The summed E-state index contributed by atoms with van der Waals surface area (Å²) < 4.78 is 76.9. The number of furan rings is 1. The molecule has 2 N–H and O–H groups in total. The van der Waals surface area contributed by atoms with Crippen molar-refractivity contribution in [2.45, 2.75) is 57.9 Å². The zero-order chi connectivity index (χ0) is 29.1. The van der Waals surface area contributed by atoms with E-state index in [1.165, 1.54) is 31.6 Å². The van der Waals surface area contributed by atoms with Gasteiger partial charge in [0, 0.05) is 26.2 Å². The van der Waals surface area contributed by atoms with Crippen molar-refractivity contribution < 1.29 is 55.3 Å². The Morgan fingerprint density at radius 2 is 1.54 bits per heavy atom. The van der Waals surface area contributed by atoms with Crippen molar-refractivity contribution in [3.05, 3.63) is 35.5 Å². The number of alkyl halides is 6. The van der Waals surface area contributed by atoms with Crippen LogP contribution in [0.25, 0.3) is 0 Å². The lowest BCUT2D eigenvalue weighted by atomic mass is 10.3. The topological polar surface area (TPSA) is 134 Å². The molecule has 0 aromatic carbocycles. The van der Waals surface area contributed by atoms with E-state index in [2.05, 4.69) is 20.1 Å². The van der Waals surface area contributed by atoms with E-state index in [0.29, 0.717) is 6.61 Å². The number of aliphatic carboxylic acids is 2. The van der Waals surface area contributed by atoms with E-state index in [4.69, 9.17) is 29.0 Å². The molecule has 2 aliphatic heterocycles. The Balaban J connectivity index is 0.000000317. The second kappa shape index (κ2) is 14.8. The first-order valence-electron chi connectivity index (χ1n) is 11.8. The highest BCUT2D eigenvalue weighted by molar-refractivity contribution is 5.73. The average molecular weight is 573 g/mol. The molecule has 39 heavy (non-hydrogen) atoms. The molecule has 0 atom stereocenters. The van der Waals surface area contributed by atoms with Crippen LogP contribution in [-0.2, 0) is 40.6 Å². The molecule has 220 valence electrons. The number of aromatic nitrogens is 3. The van der Waals surface area contributed by atoms with Crippen LogP contribution in [0.2, 0.25) is 0 Å². The van der Waals surface area contributed by atoms with E-state index >= 15 is 0 Å². The number of fused-ring (bicyclic) bond motifs is 1. The Kier molecular flexibility index (Phi) is 12.2. The van der Waals surface area contributed by atoms with Crippen molar-refractivity contribution in [2.24, 2.45) is 0 Å². The number of carboxylic acids is 2. The predicted molar refractivity (Wildman–Crippen MR) is 120 cm³/mol. The number of hydrogen-bond acceptors (Lipinski definition) is 8. The molecule has 11 nitrogen and oxygen atoms in total. The molecule has 0 spiro atoms. The van der Waals surface area contributed by atoms with Crippen molar-refractivity contribution >= 4 is 11.9 Å². The van der Waals surface area contributed by atoms with Crippen LogP contribution in [-0.4, -0.2) is 92.1 Å². The Bertz CT molecular complexity index is 998. The molecular weight excluding hydrogens is 544 g/mol. The Hall–Kier alpha value is -3.18. The summed E-state index contributed by atoms with van der Waals surface area (Å²) in [5, 5.41) is 22.9. The summed E-state index contributed by atoms with van der Waals surface area (Å²) in [6.07, 6.45) is -4.71. The third-order valence-corrected chi connectivity index (χ3v) is 5.57. The van der Waals surface area contributed by atoms with Crippen molar-refractivity contribution in [1.29, 1.82) is 0 Å². The van der Waals surface area contributed by atoms with E-state index in [0.717, 1.165) is 57.2 Å². The van der Waals surface area contributed by atoms with E-state index in [1.54, 1.807) is 6.26 Å². The van der Waals surface area contributed by atoms with Crippen molar-refractivity contribution in [2.75, 3.05) is 32.8 Å². The van der Waals surface area contributed by atoms with Gasteiger partial charge in [0.05, 0.1) is 31.7 Å². The number of rotatable bonds is 7. The Morgan fingerprint density at radius 1 is 0.949 bits per heavy atom. The maximum atomic E-state index is 10.6. The molecule has 0 amide bonds. The van der Waals surface area contributed by atoms with E-state index < -0.39 is 24.3 Å². The van der Waals surface area contributed by atoms with Crippen molar-refractivity contribution in [1.82, 2.24) is 24.8 Å². The van der Waals surface area contributed by atoms with Gasteiger partial charge >= 0.3 is 24.3 Å². The normalized spacial score (nSPS) is 16.4. The van der Waals surface area contributed by atoms with Crippen LogP contribution in [0.4, 0.5) is 26.3 Å². The van der Waals surface area contributed by atoms with Gasteiger partial charge in [0.1, 0.15) is 11.5 Å². The fraction of sp³-hybridized carbons (Fsp3) is 0.636. The molecule has 2 aromatic rings. The molecule has 1 fully saturated rings. The largest absolute Gasteiger partial charge is 0.490 e. The summed E-state index contributed by atoms with van der Waals surface area (Å²) in [5.41, 5.74) is 2.16. The second-order valence-corrected chi connectivity index (χ2v) is 8.56. The van der Waals surface area contributed by atoms with E-state index in [-0.39, 0.29) is 0 Å². The van der Waals surface area contributed by atoms with Crippen molar-refractivity contribution in [3.63, 3.8) is 0 Å². The standard InChI is InChI=1S/C18H27N5O2.2C2HF3O2/c1-2-7-21(6-1)10-12-24-15-17-18-14-22(13-16-5-3-11-25-16)8-4-9-23(18)20-19-17;2*3-2(4,5)1(6)7/h3,5,11H,1-2,4,6-10,12-15H2;2*(H,6,7). The van der Waals surface area contributed by atoms with Crippen LogP contribution in [0, 0.1) is 0 Å². The summed E-state index contributed by atoms with van der Waals surface area (Å²) in [6.45, 7) is 8.41.